The number of amides is 2. The molecule has 4 aliphatic rings. The molecule has 31 heavy (non-hydrogen) atoms. The number of allylic oxidation sites excluding steroid dienone is 2. The van der Waals surface area contributed by atoms with Gasteiger partial charge in [-0.2, -0.15) is 0 Å². The molecule has 7 nitrogen and oxygen atoms in total. The second-order valence-electron chi connectivity index (χ2n) is 9.89. The van der Waals surface area contributed by atoms with Crippen molar-refractivity contribution in [2.24, 2.45) is 28.7 Å². The van der Waals surface area contributed by atoms with Gasteiger partial charge in [0.2, 0.25) is 11.8 Å². The van der Waals surface area contributed by atoms with E-state index in [9.17, 15) is 9.59 Å². The number of guanidine groups is 1. The minimum atomic E-state index is -0.0908. The number of imide groups is 1. The molecule has 2 bridgehead atoms. The number of aliphatic imine (C=N–C) groups is 1. The molecule has 2 saturated heterocycles. The molecular weight excluding hydrogens is 505 g/mol. The van der Waals surface area contributed by atoms with Crippen molar-refractivity contribution in [2.45, 2.75) is 51.5 Å². The molecular formula is C23H38IN5O2. The maximum atomic E-state index is 12.7. The van der Waals surface area contributed by atoms with Crippen molar-refractivity contribution in [2.75, 3.05) is 39.8 Å². The molecule has 3 fully saturated rings. The molecule has 4 atom stereocenters. The number of carbonyl (C=O) groups excluding carboxylic acids is 2. The van der Waals surface area contributed by atoms with Crippen molar-refractivity contribution in [1.29, 1.82) is 0 Å². The van der Waals surface area contributed by atoms with Gasteiger partial charge in [-0.3, -0.25) is 24.4 Å². The van der Waals surface area contributed by atoms with E-state index in [1.54, 1.807) is 7.05 Å². The second-order valence-corrected chi connectivity index (χ2v) is 9.89. The zero-order valence-corrected chi connectivity index (χ0v) is 21.4. The van der Waals surface area contributed by atoms with Gasteiger partial charge in [-0.15, -0.1) is 24.0 Å². The monoisotopic (exact) mass is 543 g/mol. The number of hydrogen-bond donors (Lipinski definition) is 2. The number of piperidine rings is 1. The summed E-state index contributed by atoms with van der Waals surface area (Å²) in [6.45, 7) is 8.89. The van der Waals surface area contributed by atoms with Crippen molar-refractivity contribution < 1.29 is 9.59 Å². The average Bonchev–Trinajstić information content (AvgIpc) is 3.43. The van der Waals surface area contributed by atoms with Gasteiger partial charge in [0.25, 0.3) is 0 Å². The van der Waals surface area contributed by atoms with Crippen LogP contribution >= 0.6 is 24.0 Å². The third-order valence-electron chi connectivity index (χ3n) is 7.54. The summed E-state index contributed by atoms with van der Waals surface area (Å²) in [6, 6.07) is 0. The molecule has 174 valence electrons. The Labute approximate surface area is 203 Å². The standard InChI is InChI=1S/C23H37N5O2.HI/c1-23(2,27-11-5-4-6-12-27)15-26-22(24-3)25-10-7-13-28-20(29)18-16-8-9-17(14-16)19(18)21(28)30;/h8-9,16-19H,4-7,10-15H2,1-3H3,(H2,24,25,26);1H. The smallest absolute Gasteiger partial charge is 0.233 e. The molecule has 0 aromatic carbocycles. The quantitative estimate of drug-likeness (QED) is 0.129. The summed E-state index contributed by atoms with van der Waals surface area (Å²) in [6.07, 6.45) is 9.90. The zero-order valence-electron chi connectivity index (χ0n) is 19.1. The van der Waals surface area contributed by atoms with Crippen molar-refractivity contribution in [3.63, 3.8) is 0 Å². The fourth-order valence-corrected chi connectivity index (χ4v) is 5.76. The molecule has 1 saturated carbocycles. The molecule has 0 aromatic rings. The van der Waals surface area contributed by atoms with E-state index in [4.69, 9.17) is 0 Å². The van der Waals surface area contributed by atoms with Crippen LogP contribution < -0.4 is 10.6 Å². The van der Waals surface area contributed by atoms with Gasteiger partial charge < -0.3 is 10.6 Å². The van der Waals surface area contributed by atoms with E-state index < -0.39 is 0 Å². The Balaban J connectivity index is 0.00000272. The number of nitrogens with zero attached hydrogens (tertiary/aromatic N) is 3. The Kier molecular flexibility index (Phi) is 8.05. The van der Waals surface area contributed by atoms with Gasteiger partial charge in [0.15, 0.2) is 5.96 Å². The first kappa shape index (κ1) is 24.5. The summed E-state index contributed by atoms with van der Waals surface area (Å²) in [4.78, 5) is 33.9. The predicted octanol–water partition coefficient (Wildman–Crippen LogP) is 2.23. The van der Waals surface area contributed by atoms with Crippen LogP contribution in [0.4, 0.5) is 0 Å². The lowest BCUT2D eigenvalue weighted by Crippen LogP contribution is -2.55. The van der Waals surface area contributed by atoms with E-state index in [-0.39, 0.29) is 65.0 Å². The normalized spacial score (nSPS) is 30.5. The maximum absolute atomic E-state index is 12.7. The van der Waals surface area contributed by atoms with Gasteiger partial charge in [0, 0.05) is 32.2 Å². The summed E-state index contributed by atoms with van der Waals surface area (Å²) in [7, 11) is 1.78. The minimum absolute atomic E-state index is 0. The first-order valence-electron chi connectivity index (χ1n) is 11.7. The topological polar surface area (TPSA) is 77.0 Å². The molecule has 2 aliphatic heterocycles. The molecule has 2 N–H and O–H groups in total. The molecule has 2 amide bonds. The molecule has 4 unspecified atom stereocenters. The van der Waals surface area contributed by atoms with Crippen molar-refractivity contribution in [3.05, 3.63) is 12.2 Å². The first-order chi connectivity index (χ1) is 14.4. The highest BCUT2D eigenvalue weighted by Gasteiger charge is 2.58. The van der Waals surface area contributed by atoms with Gasteiger partial charge in [-0.05, 0) is 64.5 Å². The molecule has 8 heteroatoms. The largest absolute Gasteiger partial charge is 0.356 e. The fourth-order valence-electron chi connectivity index (χ4n) is 5.76. The molecule has 2 aliphatic carbocycles. The molecule has 0 aromatic heterocycles. The summed E-state index contributed by atoms with van der Waals surface area (Å²) in [5, 5.41) is 6.78. The minimum Gasteiger partial charge on any atom is -0.356 e. The number of nitrogens with one attached hydrogen (secondary N) is 2. The van der Waals surface area contributed by atoms with Gasteiger partial charge in [0.1, 0.15) is 0 Å². The Morgan fingerprint density at radius 1 is 1.06 bits per heavy atom. The maximum Gasteiger partial charge on any atom is 0.233 e. The van der Waals surface area contributed by atoms with Gasteiger partial charge in [0.05, 0.1) is 11.8 Å². The predicted molar refractivity (Wildman–Crippen MR) is 133 cm³/mol. The summed E-state index contributed by atoms with van der Waals surface area (Å²) in [5.41, 5.74) is 0.0810. The first-order valence-corrected chi connectivity index (χ1v) is 11.7. The Bertz CT molecular complexity index is 701. The van der Waals surface area contributed by atoms with Crippen molar-refractivity contribution in [1.82, 2.24) is 20.4 Å². The number of halogens is 1. The van der Waals surface area contributed by atoms with Crippen LogP contribution in [0.1, 0.15) is 46.0 Å². The lowest BCUT2D eigenvalue weighted by molar-refractivity contribution is -0.140. The summed E-state index contributed by atoms with van der Waals surface area (Å²) >= 11 is 0. The van der Waals surface area contributed by atoms with Gasteiger partial charge in [-0.25, -0.2) is 0 Å². The van der Waals surface area contributed by atoms with E-state index in [2.05, 4.69) is 46.5 Å². The van der Waals surface area contributed by atoms with E-state index in [0.29, 0.717) is 13.1 Å². The van der Waals surface area contributed by atoms with Gasteiger partial charge >= 0.3 is 0 Å². The zero-order chi connectivity index (χ0) is 21.3. The van der Waals surface area contributed by atoms with Crippen LogP contribution in [-0.4, -0.2) is 72.9 Å². The Morgan fingerprint density at radius 3 is 2.26 bits per heavy atom. The highest BCUT2D eigenvalue weighted by atomic mass is 127. The third-order valence-corrected chi connectivity index (χ3v) is 7.54. The number of fused-ring (bicyclic) bond motifs is 5. The van der Waals surface area contributed by atoms with Crippen LogP contribution in [0.3, 0.4) is 0 Å². The van der Waals surface area contributed by atoms with Crippen LogP contribution in [0.25, 0.3) is 0 Å². The lowest BCUT2D eigenvalue weighted by atomic mass is 9.85. The van der Waals surface area contributed by atoms with Crippen LogP contribution in [0, 0.1) is 23.7 Å². The molecule has 0 spiro atoms. The van der Waals surface area contributed by atoms with Crippen LogP contribution in [0.5, 0.6) is 0 Å². The van der Waals surface area contributed by atoms with E-state index in [1.165, 1.54) is 24.2 Å². The number of hydrogen-bond acceptors (Lipinski definition) is 4. The van der Waals surface area contributed by atoms with Crippen LogP contribution in [-0.2, 0) is 9.59 Å². The van der Waals surface area contributed by atoms with Crippen LogP contribution in [0.15, 0.2) is 17.1 Å². The number of likely N-dealkylation sites (tertiary alicyclic amines) is 2. The van der Waals surface area contributed by atoms with Crippen molar-refractivity contribution in [3.8, 4) is 0 Å². The Hall–Kier alpha value is -1.16. The third kappa shape index (κ3) is 4.94. The number of rotatable bonds is 7. The molecule has 0 radical (unpaired) electrons. The fraction of sp³-hybridized carbons (Fsp3) is 0.783. The highest BCUT2D eigenvalue weighted by molar-refractivity contribution is 14.0. The lowest BCUT2D eigenvalue weighted by Gasteiger charge is -2.41. The molecule has 2 heterocycles. The van der Waals surface area contributed by atoms with Crippen molar-refractivity contribution >= 4 is 41.8 Å². The number of carbonyl (C=O) groups is 2. The van der Waals surface area contributed by atoms with E-state index in [1.807, 2.05) is 0 Å². The Morgan fingerprint density at radius 2 is 1.68 bits per heavy atom. The van der Waals surface area contributed by atoms with Gasteiger partial charge in [-0.1, -0.05) is 18.6 Å². The van der Waals surface area contributed by atoms with E-state index in [0.717, 1.165) is 38.4 Å². The molecule has 4 rings (SSSR count). The second kappa shape index (κ2) is 10.2. The summed E-state index contributed by atoms with van der Waals surface area (Å²) < 4.78 is 0. The highest BCUT2D eigenvalue weighted by Crippen LogP contribution is 2.52. The summed E-state index contributed by atoms with van der Waals surface area (Å²) in [5.74, 6) is 1.26. The van der Waals surface area contributed by atoms with E-state index >= 15 is 0 Å². The van der Waals surface area contributed by atoms with Crippen LogP contribution in [0.2, 0.25) is 0 Å². The SMILES string of the molecule is CN=C(NCCCN1C(=O)C2C3C=CC(C3)C2C1=O)NCC(C)(C)N1CCCCC1.I. The average molecular weight is 543 g/mol.